The van der Waals surface area contributed by atoms with Gasteiger partial charge in [0.15, 0.2) is 0 Å². The van der Waals surface area contributed by atoms with Crippen LogP contribution in [0.5, 0.6) is 0 Å². The van der Waals surface area contributed by atoms with Gasteiger partial charge in [0, 0.05) is 21.9 Å². The van der Waals surface area contributed by atoms with Crippen molar-refractivity contribution in [3.05, 3.63) is 33.8 Å². The molecule has 2 rings (SSSR count). The summed E-state index contributed by atoms with van der Waals surface area (Å²) in [6.07, 6.45) is 0. The van der Waals surface area contributed by atoms with E-state index in [0.29, 0.717) is 19.8 Å². The van der Waals surface area contributed by atoms with Gasteiger partial charge in [-0.25, -0.2) is 0 Å². The zero-order valence-electron chi connectivity index (χ0n) is 10.2. The Hall–Kier alpha value is -0.390. The minimum absolute atomic E-state index is 0.0848. The highest BCUT2D eigenvalue weighted by molar-refractivity contribution is 9.10. The summed E-state index contributed by atoms with van der Waals surface area (Å²) in [4.78, 5) is 14.5. The maximum absolute atomic E-state index is 12.6. The molecular formula is C13H15Br2NO2. The van der Waals surface area contributed by atoms with Crippen molar-refractivity contribution in [2.75, 3.05) is 25.1 Å². The van der Waals surface area contributed by atoms with Crippen molar-refractivity contribution in [3.8, 4) is 0 Å². The molecule has 18 heavy (non-hydrogen) atoms. The van der Waals surface area contributed by atoms with Crippen LogP contribution in [-0.4, -0.2) is 41.9 Å². The molecule has 0 aliphatic carbocycles. The van der Waals surface area contributed by atoms with Crippen LogP contribution in [0.1, 0.15) is 15.9 Å². The molecule has 1 atom stereocenters. The molecule has 1 aromatic carbocycles. The fourth-order valence-electron chi connectivity index (χ4n) is 2.03. The van der Waals surface area contributed by atoms with Gasteiger partial charge < -0.3 is 9.64 Å². The van der Waals surface area contributed by atoms with Crippen molar-refractivity contribution in [2.24, 2.45) is 0 Å². The molecule has 0 N–H and O–H groups in total. The van der Waals surface area contributed by atoms with Gasteiger partial charge in [0.05, 0.1) is 19.3 Å². The molecule has 1 aliphatic rings. The minimum atomic E-state index is 0.0848. The largest absolute Gasteiger partial charge is 0.377 e. The Morgan fingerprint density at radius 3 is 3.06 bits per heavy atom. The van der Waals surface area contributed by atoms with E-state index in [9.17, 15) is 4.79 Å². The Kier molecular flexibility index (Phi) is 4.81. The van der Waals surface area contributed by atoms with Crippen LogP contribution in [0.15, 0.2) is 22.7 Å². The summed E-state index contributed by atoms with van der Waals surface area (Å²) in [6.45, 7) is 3.83. The lowest BCUT2D eigenvalue weighted by molar-refractivity contribution is 0.00520. The van der Waals surface area contributed by atoms with Crippen molar-refractivity contribution in [2.45, 2.75) is 13.0 Å². The summed E-state index contributed by atoms with van der Waals surface area (Å²) >= 11 is 6.86. The van der Waals surface area contributed by atoms with Crippen LogP contribution in [0.25, 0.3) is 0 Å². The molecule has 0 bridgehead atoms. The predicted molar refractivity (Wildman–Crippen MR) is 78.3 cm³/mol. The lowest BCUT2D eigenvalue weighted by atomic mass is 10.1. The number of nitrogens with zero attached hydrogens (tertiary/aromatic N) is 1. The van der Waals surface area contributed by atoms with Crippen LogP contribution in [0, 0.1) is 6.92 Å². The van der Waals surface area contributed by atoms with Gasteiger partial charge in [-0.2, -0.15) is 0 Å². The highest BCUT2D eigenvalue weighted by Crippen LogP contribution is 2.20. The van der Waals surface area contributed by atoms with E-state index in [-0.39, 0.29) is 11.9 Å². The molecule has 1 aliphatic heterocycles. The van der Waals surface area contributed by atoms with Crippen molar-refractivity contribution >= 4 is 37.8 Å². The maximum Gasteiger partial charge on any atom is 0.254 e. The number of ether oxygens (including phenoxy) is 1. The number of carbonyl (C=O) groups excluding carboxylic acids is 1. The third-order valence-electron chi connectivity index (χ3n) is 3.10. The summed E-state index contributed by atoms with van der Waals surface area (Å²) in [5, 5.41) is 0.742. The van der Waals surface area contributed by atoms with E-state index >= 15 is 0 Å². The zero-order valence-corrected chi connectivity index (χ0v) is 13.3. The number of hydrogen-bond donors (Lipinski definition) is 0. The molecule has 98 valence electrons. The summed E-state index contributed by atoms with van der Waals surface area (Å²) in [5.74, 6) is 0.0848. The monoisotopic (exact) mass is 375 g/mol. The van der Waals surface area contributed by atoms with Crippen LogP contribution in [0.2, 0.25) is 0 Å². The first-order valence-electron chi connectivity index (χ1n) is 5.84. The Morgan fingerprint density at radius 1 is 1.56 bits per heavy atom. The quantitative estimate of drug-likeness (QED) is 0.742. The Bertz CT molecular complexity index is 451. The number of benzene rings is 1. The first kappa shape index (κ1) is 14.0. The Balaban J connectivity index is 2.26. The van der Waals surface area contributed by atoms with Gasteiger partial charge in [-0.3, -0.25) is 4.79 Å². The van der Waals surface area contributed by atoms with Gasteiger partial charge in [0.25, 0.3) is 5.91 Å². The molecule has 0 radical (unpaired) electrons. The molecule has 1 amide bonds. The molecule has 1 aromatic rings. The molecule has 5 heteroatoms. The first-order chi connectivity index (χ1) is 8.63. The van der Waals surface area contributed by atoms with Crippen LogP contribution in [0.3, 0.4) is 0 Å². The van der Waals surface area contributed by atoms with Gasteiger partial charge >= 0.3 is 0 Å². The summed E-state index contributed by atoms with van der Waals surface area (Å²) in [6, 6.07) is 5.91. The van der Waals surface area contributed by atoms with Gasteiger partial charge in [-0.15, -0.1) is 0 Å². The van der Waals surface area contributed by atoms with Crippen molar-refractivity contribution in [3.63, 3.8) is 0 Å². The third kappa shape index (κ3) is 2.95. The number of halogens is 2. The van der Waals surface area contributed by atoms with Gasteiger partial charge in [0.1, 0.15) is 0 Å². The van der Waals surface area contributed by atoms with E-state index in [1.807, 2.05) is 30.0 Å². The van der Waals surface area contributed by atoms with Crippen molar-refractivity contribution in [1.82, 2.24) is 4.90 Å². The normalized spacial score (nSPS) is 19.9. The van der Waals surface area contributed by atoms with E-state index in [4.69, 9.17) is 4.74 Å². The third-order valence-corrected chi connectivity index (χ3v) is 4.34. The van der Waals surface area contributed by atoms with E-state index < -0.39 is 0 Å². The van der Waals surface area contributed by atoms with E-state index in [0.717, 1.165) is 20.9 Å². The summed E-state index contributed by atoms with van der Waals surface area (Å²) in [7, 11) is 0. The first-order valence-corrected chi connectivity index (χ1v) is 7.75. The number of rotatable bonds is 2. The standard InChI is InChI=1S/C13H15Br2NO2/c1-9-2-3-10(15)6-12(9)13(17)16-4-5-18-8-11(16)7-14/h2-3,6,11H,4-5,7-8H2,1H3. The molecule has 0 saturated carbocycles. The second kappa shape index (κ2) is 6.17. The Morgan fingerprint density at radius 2 is 2.33 bits per heavy atom. The number of carbonyl (C=O) groups is 1. The minimum Gasteiger partial charge on any atom is -0.377 e. The average molecular weight is 377 g/mol. The summed E-state index contributed by atoms with van der Waals surface area (Å²) < 4.78 is 6.34. The molecule has 3 nitrogen and oxygen atoms in total. The fourth-order valence-corrected chi connectivity index (χ4v) is 2.93. The van der Waals surface area contributed by atoms with Crippen LogP contribution in [0.4, 0.5) is 0 Å². The van der Waals surface area contributed by atoms with E-state index in [1.54, 1.807) is 0 Å². The van der Waals surface area contributed by atoms with Gasteiger partial charge in [-0.1, -0.05) is 37.9 Å². The molecule has 1 saturated heterocycles. The number of alkyl halides is 1. The number of morpholine rings is 1. The summed E-state index contributed by atoms with van der Waals surface area (Å²) in [5.41, 5.74) is 1.76. The topological polar surface area (TPSA) is 29.5 Å². The second-order valence-corrected chi connectivity index (χ2v) is 5.90. The van der Waals surface area contributed by atoms with Crippen molar-refractivity contribution < 1.29 is 9.53 Å². The fraction of sp³-hybridized carbons (Fsp3) is 0.462. The average Bonchev–Trinajstić information content (AvgIpc) is 2.40. The van der Waals surface area contributed by atoms with Crippen molar-refractivity contribution in [1.29, 1.82) is 0 Å². The molecular weight excluding hydrogens is 362 g/mol. The number of amides is 1. The van der Waals surface area contributed by atoms with Crippen LogP contribution in [-0.2, 0) is 4.74 Å². The number of aryl methyl sites for hydroxylation is 1. The SMILES string of the molecule is Cc1ccc(Br)cc1C(=O)N1CCOCC1CBr. The molecule has 1 fully saturated rings. The second-order valence-electron chi connectivity index (χ2n) is 4.34. The number of hydrogen-bond acceptors (Lipinski definition) is 2. The Labute approximate surface area is 124 Å². The maximum atomic E-state index is 12.6. The van der Waals surface area contributed by atoms with E-state index in [1.165, 1.54) is 0 Å². The highest BCUT2D eigenvalue weighted by atomic mass is 79.9. The molecule has 0 spiro atoms. The molecule has 1 unspecified atom stereocenters. The van der Waals surface area contributed by atoms with E-state index in [2.05, 4.69) is 31.9 Å². The molecule has 0 aromatic heterocycles. The van der Waals surface area contributed by atoms with Crippen LogP contribution >= 0.6 is 31.9 Å². The highest BCUT2D eigenvalue weighted by Gasteiger charge is 2.28. The van der Waals surface area contributed by atoms with Gasteiger partial charge in [0.2, 0.25) is 0 Å². The van der Waals surface area contributed by atoms with Gasteiger partial charge in [-0.05, 0) is 24.6 Å². The molecule has 1 heterocycles. The predicted octanol–water partition coefficient (Wildman–Crippen LogP) is 2.99. The lowest BCUT2D eigenvalue weighted by Gasteiger charge is -2.35. The lowest BCUT2D eigenvalue weighted by Crippen LogP contribution is -2.49. The smallest absolute Gasteiger partial charge is 0.254 e. The van der Waals surface area contributed by atoms with Crippen LogP contribution < -0.4 is 0 Å². The zero-order chi connectivity index (χ0) is 13.1.